The van der Waals surface area contributed by atoms with Gasteiger partial charge in [-0.05, 0) is 38.1 Å². The monoisotopic (exact) mass is 371 g/mol. The van der Waals surface area contributed by atoms with Gasteiger partial charge in [-0.3, -0.25) is 10.1 Å². The standard InChI is InChI=1S/C18H17N3O4S/c1-11-8-12(2)10-13(9-11)16(22)19-18-21-20-17(25-18)14-6-4-5-7-15(14)26(3,23)24/h4-10H,1-3H3,(H,19,21,22). The normalized spacial score (nSPS) is 11.3. The first-order valence-electron chi connectivity index (χ1n) is 7.76. The number of carbonyl (C=O) groups excluding carboxylic acids is 1. The van der Waals surface area contributed by atoms with Crippen LogP contribution in [0.3, 0.4) is 0 Å². The molecule has 1 heterocycles. The van der Waals surface area contributed by atoms with E-state index in [1.807, 2.05) is 19.9 Å². The van der Waals surface area contributed by atoms with Crippen LogP contribution in [0.4, 0.5) is 6.01 Å². The molecule has 0 saturated heterocycles. The molecule has 3 rings (SSSR count). The highest BCUT2D eigenvalue weighted by molar-refractivity contribution is 7.90. The second kappa shape index (κ2) is 6.72. The third-order valence-corrected chi connectivity index (χ3v) is 4.80. The lowest BCUT2D eigenvalue weighted by Crippen LogP contribution is -2.12. The molecule has 0 aliphatic carbocycles. The minimum Gasteiger partial charge on any atom is -0.403 e. The highest BCUT2D eigenvalue weighted by atomic mass is 32.2. The van der Waals surface area contributed by atoms with E-state index in [0.717, 1.165) is 17.4 Å². The summed E-state index contributed by atoms with van der Waals surface area (Å²) in [7, 11) is -3.46. The van der Waals surface area contributed by atoms with Crippen molar-refractivity contribution < 1.29 is 17.6 Å². The van der Waals surface area contributed by atoms with E-state index in [0.29, 0.717) is 5.56 Å². The first-order chi connectivity index (χ1) is 12.2. The Bertz CT molecular complexity index is 1070. The summed E-state index contributed by atoms with van der Waals surface area (Å²) in [6.07, 6.45) is 1.10. The van der Waals surface area contributed by atoms with Gasteiger partial charge in [0.05, 0.1) is 10.5 Å². The predicted molar refractivity (Wildman–Crippen MR) is 96.7 cm³/mol. The van der Waals surface area contributed by atoms with Crippen LogP contribution in [0.1, 0.15) is 21.5 Å². The van der Waals surface area contributed by atoms with E-state index in [9.17, 15) is 13.2 Å². The minimum absolute atomic E-state index is 0.0155. The number of nitrogens with one attached hydrogen (secondary N) is 1. The van der Waals surface area contributed by atoms with Gasteiger partial charge in [0.25, 0.3) is 11.8 Å². The van der Waals surface area contributed by atoms with Crippen LogP contribution in [0.25, 0.3) is 11.5 Å². The van der Waals surface area contributed by atoms with E-state index in [-0.39, 0.29) is 28.3 Å². The molecule has 3 aromatic rings. The van der Waals surface area contributed by atoms with Crippen molar-refractivity contribution in [3.8, 4) is 11.5 Å². The van der Waals surface area contributed by atoms with Crippen LogP contribution in [0, 0.1) is 13.8 Å². The first-order valence-corrected chi connectivity index (χ1v) is 9.66. The molecule has 134 valence electrons. The fourth-order valence-electron chi connectivity index (χ4n) is 2.62. The first kappa shape index (κ1) is 17.8. The van der Waals surface area contributed by atoms with E-state index in [4.69, 9.17) is 4.42 Å². The van der Waals surface area contributed by atoms with Crippen molar-refractivity contribution in [3.63, 3.8) is 0 Å². The molecule has 0 fully saturated rings. The van der Waals surface area contributed by atoms with Gasteiger partial charge < -0.3 is 4.42 Å². The van der Waals surface area contributed by atoms with Crippen molar-refractivity contribution in [2.75, 3.05) is 11.6 Å². The molecule has 7 nitrogen and oxygen atoms in total. The van der Waals surface area contributed by atoms with Gasteiger partial charge in [0.2, 0.25) is 0 Å². The van der Waals surface area contributed by atoms with E-state index >= 15 is 0 Å². The van der Waals surface area contributed by atoms with Crippen LogP contribution in [0.15, 0.2) is 51.8 Å². The Labute approximate surface area is 151 Å². The Balaban J connectivity index is 1.89. The molecule has 0 radical (unpaired) electrons. The molecule has 26 heavy (non-hydrogen) atoms. The van der Waals surface area contributed by atoms with Crippen molar-refractivity contribution in [3.05, 3.63) is 59.2 Å². The molecule has 8 heteroatoms. The summed E-state index contributed by atoms with van der Waals surface area (Å²) >= 11 is 0. The van der Waals surface area contributed by atoms with Crippen LogP contribution in [-0.4, -0.2) is 30.8 Å². The number of nitrogens with zero attached hydrogens (tertiary/aromatic N) is 2. The van der Waals surface area contributed by atoms with Gasteiger partial charge in [-0.25, -0.2) is 8.42 Å². The van der Waals surface area contributed by atoms with Gasteiger partial charge in [-0.2, -0.15) is 0 Å². The zero-order valence-corrected chi connectivity index (χ0v) is 15.3. The number of anilines is 1. The van der Waals surface area contributed by atoms with Gasteiger partial charge in [-0.1, -0.05) is 34.4 Å². The molecule has 0 saturated carbocycles. The molecular weight excluding hydrogens is 354 g/mol. The Kier molecular flexibility index (Phi) is 4.60. The number of rotatable bonds is 4. The van der Waals surface area contributed by atoms with Crippen molar-refractivity contribution in [1.29, 1.82) is 0 Å². The van der Waals surface area contributed by atoms with Crippen molar-refractivity contribution in [1.82, 2.24) is 10.2 Å². The Morgan fingerprint density at radius 2 is 1.69 bits per heavy atom. The quantitative estimate of drug-likeness (QED) is 0.756. The fraction of sp³-hybridized carbons (Fsp3) is 0.167. The maximum atomic E-state index is 12.4. The van der Waals surface area contributed by atoms with E-state index in [1.165, 1.54) is 6.07 Å². The van der Waals surface area contributed by atoms with Crippen LogP contribution < -0.4 is 5.32 Å². The van der Waals surface area contributed by atoms with Crippen LogP contribution >= 0.6 is 0 Å². The van der Waals surface area contributed by atoms with Crippen LogP contribution in [0.5, 0.6) is 0 Å². The number of carbonyl (C=O) groups is 1. The summed E-state index contributed by atoms with van der Waals surface area (Å²) in [5, 5.41) is 10.2. The summed E-state index contributed by atoms with van der Waals surface area (Å²) in [5.74, 6) is -0.370. The SMILES string of the molecule is Cc1cc(C)cc(C(=O)Nc2nnc(-c3ccccc3S(C)(=O)=O)o2)c1. The van der Waals surface area contributed by atoms with Gasteiger partial charge in [0, 0.05) is 11.8 Å². The van der Waals surface area contributed by atoms with Crippen molar-refractivity contribution >= 4 is 21.8 Å². The molecule has 0 bridgehead atoms. The van der Waals surface area contributed by atoms with Gasteiger partial charge >= 0.3 is 6.01 Å². The average molecular weight is 371 g/mol. The van der Waals surface area contributed by atoms with E-state index in [1.54, 1.807) is 30.3 Å². The van der Waals surface area contributed by atoms with Gasteiger partial charge in [-0.15, -0.1) is 5.10 Å². The molecule has 0 aliphatic heterocycles. The Morgan fingerprint density at radius 3 is 2.35 bits per heavy atom. The summed E-state index contributed by atoms with van der Waals surface area (Å²) in [6, 6.07) is 11.7. The largest absolute Gasteiger partial charge is 0.403 e. The third kappa shape index (κ3) is 3.80. The fourth-order valence-corrected chi connectivity index (χ4v) is 3.50. The number of aromatic nitrogens is 2. The number of amides is 1. The summed E-state index contributed by atoms with van der Waals surface area (Å²) < 4.78 is 29.2. The summed E-state index contributed by atoms with van der Waals surface area (Å²) in [6.45, 7) is 3.80. The summed E-state index contributed by atoms with van der Waals surface area (Å²) in [4.78, 5) is 12.4. The Hall–Kier alpha value is -3.00. The lowest BCUT2D eigenvalue weighted by atomic mass is 10.1. The molecule has 1 aromatic heterocycles. The second-order valence-electron chi connectivity index (χ2n) is 6.01. The van der Waals surface area contributed by atoms with Gasteiger partial charge in [0.15, 0.2) is 9.84 Å². The zero-order valence-electron chi connectivity index (χ0n) is 14.5. The molecule has 1 N–H and O–H groups in total. The highest BCUT2D eigenvalue weighted by Crippen LogP contribution is 2.27. The molecule has 0 unspecified atom stereocenters. The molecule has 0 aliphatic rings. The summed E-state index contributed by atoms with van der Waals surface area (Å²) in [5.41, 5.74) is 2.68. The average Bonchev–Trinajstić information content (AvgIpc) is 3.01. The highest BCUT2D eigenvalue weighted by Gasteiger charge is 2.19. The Morgan fingerprint density at radius 1 is 1.04 bits per heavy atom. The number of benzene rings is 2. The third-order valence-electron chi connectivity index (χ3n) is 3.65. The molecule has 1 amide bonds. The van der Waals surface area contributed by atoms with E-state index in [2.05, 4.69) is 15.5 Å². The van der Waals surface area contributed by atoms with Crippen molar-refractivity contribution in [2.24, 2.45) is 0 Å². The number of sulfone groups is 1. The lowest BCUT2D eigenvalue weighted by molar-refractivity contribution is 0.102. The zero-order chi connectivity index (χ0) is 18.9. The lowest BCUT2D eigenvalue weighted by Gasteiger charge is -2.04. The number of aryl methyl sites for hydroxylation is 2. The topological polar surface area (TPSA) is 102 Å². The molecule has 0 spiro atoms. The second-order valence-corrected chi connectivity index (χ2v) is 8.00. The number of hydrogen-bond acceptors (Lipinski definition) is 6. The molecule has 2 aromatic carbocycles. The van der Waals surface area contributed by atoms with Crippen LogP contribution in [-0.2, 0) is 9.84 Å². The predicted octanol–water partition coefficient (Wildman–Crippen LogP) is 3.01. The van der Waals surface area contributed by atoms with Crippen molar-refractivity contribution in [2.45, 2.75) is 18.7 Å². The van der Waals surface area contributed by atoms with Gasteiger partial charge in [0.1, 0.15) is 0 Å². The molecule has 0 atom stereocenters. The smallest absolute Gasteiger partial charge is 0.322 e. The number of hydrogen-bond donors (Lipinski definition) is 1. The maximum Gasteiger partial charge on any atom is 0.322 e. The molecular formula is C18H17N3O4S. The minimum atomic E-state index is -3.46. The maximum absolute atomic E-state index is 12.4. The van der Waals surface area contributed by atoms with E-state index < -0.39 is 9.84 Å². The van der Waals surface area contributed by atoms with Crippen LogP contribution in [0.2, 0.25) is 0 Å².